The summed E-state index contributed by atoms with van der Waals surface area (Å²) in [4.78, 5) is 46.4. The van der Waals surface area contributed by atoms with Gasteiger partial charge in [-0.2, -0.15) is 11.8 Å². The fourth-order valence-corrected chi connectivity index (χ4v) is 5.49. The van der Waals surface area contributed by atoms with Crippen LogP contribution in [0, 0.1) is 0 Å². The van der Waals surface area contributed by atoms with Crippen LogP contribution in [0.2, 0.25) is 0 Å². The van der Waals surface area contributed by atoms with E-state index in [9.17, 15) is 19.2 Å². The van der Waals surface area contributed by atoms with Crippen LogP contribution < -0.4 is 16.0 Å². The van der Waals surface area contributed by atoms with E-state index >= 15 is 0 Å². The Bertz CT molecular complexity index is 615. The van der Waals surface area contributed by atoms with Crippen LogP contribution in [0.3, 0.4) is 0 Å². The summed E-state index contributed by atoms with van der Waals surface area (Å²) >= 11 is 1.91. The van der Waals surface area contributed by atoms with Gasteiger partial charge in [-0.3, -0.25) is 9.59 Å². The van der Waals surface area contributed by atoms with Gasteiger partial charge in [-0.1, -0.05) is 19.3 Å². The van der Waals surface area contributed by atoms with E-state index in [-0.39, 0.29) is 24.0 Å². The van der Waals surface area contributed by atoms with Crippen LogP contribution >= 0.6 is 11.8 Å². The van der Waals surface area contributed by atoms with Crippen LogP contribution in [0.4, 0.5) is 4.79 Å². The summed E-state index contributed by atoms with van der Waals surface area (Å²) in [5.41, 5.74) is 0. The smallest absolute Gasteiger partial charge is 0.328 e. The first kappa shape index (κ1) is 24.5. The number of nitrogens with one attached hydrogen (secondary N) is 3. The maximum atomic E-state index is 12.0. The first-order chi connectivity index (χ1) is 14.4. The number of hydrogen-bond donors (Lipinski definition) is 3. The first-order valence-electron chi connectivity index (χ1n) is 11.0. The average molecular weight is 442 g/mol. The normalized spacial score (nSPS) is 23.3. The van der Waals surface area contributed by atoms with Gasteiger partial charge in [0.2, 0.25) is 5.91 Å². The lowest BCUT2D eigenvalue weighted by Crippen LogP contribution is -2.38. The lowest BCUT2D eigenvalue weighted by Gasteiger charge is -2.16. The van der Waals surface area contributed by atoms with Crippen molar-refractivity contribution in [3.63, 3.8) is 0 Å². The Kier molecular flexibility index (Phi) is 10.5. The van der Waals surface area contributed by atoms with E-state index in [0.29, 0.717) is 30.3 Å². The summed E-state index contributed by atoms with van der Waals surface area (Å²) in [5.74, 6) is 0.686. The van der Waals surface area contributed by atoms with Gasteiger partial charge >= 0.3 is 12.0 Å². The van der Waals surface area contributed by atoms with Crippen molar-refractivity contribution in [1.82, 2.24) is 16.0 Å². The molecule has 0 aromatic carbocycles. The van der Waals surface area contributed by atoms with Gasteiger partial charge in [-0.25, -0.2) is 9.59 Å². The molecule has 0 aromatic rings. The molecular weight excluding hydrogens is 406 g/mol. The summed E-state index contributed by atoms with van der Waals surface area (Å²) in [6.07, 6.45) is 8.02. The van der Waals surface area contributed by atoms with E-state index < -0.39 is 12.0 Å². The summed E-state index contributed by atoms with van der Waals surface area (Å²) < 4.78 is 4.57. The molecular formula is C21H35N3O5S. The second-order valence-corrected chi connectivity index (χ2v) is 9.41. The highest BCUT2D eigenvalue weighted by Gasteiger charge is 2.42. The van der Waals surface area contributed by atoms with Crippen molar-refractivity contribution < 1.29 is 23.9 Å². The van der Waals surface area contributed by atoms with Crippen molar-refractivity contribution in [2.75, 3.05) is 12.9 Å². The molecule has 2 aliphatic rings. The highest BCUT2D eigenvalue weighted by atomic mass is 32.2. The number of ether oxygens (including phenoxy) is 1. The molecule has 4 unspecified atom stereocenters. The van der Waals surface area contributed by atoms with Gasteiger partial charge in [-0.05, 0) is 32.6 Å². The molecule has 2 heterocycles. The quantitative estimate of drug-likeness (QED) is 0.217. The zero-order valence-corrected chi connectivity index (χ0v) is 18.9. The molecule has 0 saturated carbocycles. The van der Waals surface area contributed by atoms with Crippen LogP contribution in [0.5, 0.6) is 0 Å². The van der Waals surface area contributed by atoms with E-state index in [0.717, 1.165) is 50.7 Å². The number of amides is 3. The second kappa shape index (κ2) is 12.8. The van der Waals surface area contributed by atoms with E-state index in [1.807, 2.05) is 11.8 Å². The Morgan fingerprint density at radius 3 is 2.43 bits per heavy atom. The maximum absolute atomic E-state index is 12.0. The number of urea groups is 1. The van der Waals surface area contributed by atoms with E-state index in [1.165, 1.54) is 7.11 Å². The molecule has 9 heteroatoms. The van der Waals surface area contributed by atoms with Crippen molar-refractivity contribution in [3.05, 3.63) is 0 Å². The van der Waals surface area contributed by atoms with Gasteiger partial charge < -0.3 is 20.7 Å². The van der Waals surface area contributed by atoms with Crippen molar-refractivity contribution in [1.29, 1.82) is 0 Å². The van der Waals surface area contributed by atoms with Crippen LogP contribution in [-0.2, 0) is 19.1 Å². The summed E-state index contributed by atoms with van der Waals surface area (Å²) in [6.45, 7) is 1.60. The van der Waals surface area contributed by atoms with Crippen molar-refractivity contribution in [2.45, 2.75) is 94.5 Å². The minimum absolute atomic E-state index is 0.0538. The second-order valence-electron chi connectivity index (χ2n) is 8.13. The van der Waals surface area contributed by atoms with Gasteiger partial charge in [-0.15, -0.1) is 0 Å². The number of carbonyl (C=O) groups excluding carboxylic acids is 4. The predicted octanol–water partition coefficient (Wildman–Crippen LogP) is 2.30. The molecule has 2 saturated heterocycles. The first-order valence-corrected chi connectivity index (χ1v) is 12.0. The minimum atomic E-state index is -0.623. The molecule has 0 aromatic heterocycles. The SMILES string of the molecule is COC(=O)C(C)NC(=O)CCCCCCC(=O)CCCCC1SCC2NC(=O)NC21. The maximum Gasteiger partial charge on any atom is 0.328 e. The fourth-order valence-electron chi connectivity index (χ4n) is 3.95. The number of thioether (sulfide) groups is 1. The lowest BCUT2D eigenvalue weighted by atomic mass is 10.0. The molecule has 2 rings (SSSR count). The number of Topliss-reactive ketones (excluding diaryl/α,β-unsaturated/α-hetero) is 1. The zero-order valence-electron chi connectivity index (χ0n) is 18.0. The highest BCUT2D eigenvalue weighted by molar-refractivity contribution is 8.00. The molecule has 2 aliphatic heterocycles. The van der Waals surface area contributed by atoms with Gasteiger partial charge in [0.1, 0.15) is 11.8 Å². The molecule has 4 atom stereocenters. The van der Waals surface area contributed by atoms with Crippen LogP contribution in [0.25, 0.3) is 0 Å². The molecule has 30 heavy (non-hydrogen) atoms. The topological polar surface area (TPSA) is 114 Å². The van der Waals surface area contributed by atoms with Gasteiger partial charge in [0.25, 0.3) is 0 Å². The Morgan fingerprint density at radius 2 is 1.73 bits per heavy atom. The van der Waals surface area contributed by atoms with Crippen LogP contribution in [0.15, 0.2) is 0 Å². The third-order valence-electron chi connectivity index (χ3n) is 5.67. The molecule has 2 fully saturated rings. The highest BCUT2D eigenvalue weighted by Crippen LogP contribution is 2.33. The molecule has 170 valence electrons. The van der Waals surface area contributed by atoms with Crippen LogP contribution in [0.1, 0.15) is 71.1 Å². The number of esters is 1. The Hall–Kier alpha value is -1.77. The Balaban J connectivity index is 1.42. The number of unbranched alkanes of at least 4 members (excludes halogenated alkanes) is 4. The monoisotopic (exact) mass is 441 g/mol. The van der Waals surface area contributed by atoms with Crippen molar-refractivity contribution >= 4 is 35.5 Å². The Morgan fingerprint density at radius 1 is 1.07 bits per heavy atom. The summed E-state index contributed by atoms with van der Waals surface area (Å²) in [6, 6.07) is -0.176. The fraction of sp³-hybridized carbons (Fsp3) is 0.810. The van der Waals surface area contributed by atoms with E-state index in [2.05, 4.69) is 20.7 Å². The largest absolute Gasteiger partial charge is 0.467 e. The van der Waals surface area contributed by atoms with Gasteiger partial charge in [0, 0.05) is 30.3 Å². The molecule has 0 radical (unpaired) electrons. The number of methoxy groups -OCH3 is 1. The van der Waals surface area contributed by atoms with Crippen LogP contribution in [-0.4, -0.2) is 59.9 Å². The van der Waals surface area contributed by atoms with E-state index in [1.54, 1.807) is 6.92 Å². The summed E-state index contributed by atoms with van der Waals surface area (Å²) in [7, 11) is 1.30. The number of carbonyl (C=O) groups is 4. The number of rotatable bonds is 14. The van der Waals surface area contributed by atoms with Gasteiger partial charge in [0.15, 0.2) is 0 Å². The summed E-state index contributed by atoms with van der Waals surface area (Å²) in [5, 5.41) is 9.01. The number of fused-ring (bicyclic) bond motifs is 1. The third-order valence-corrected chi connectivity index (χ3v) is 7.18. The lowest BCUT2D eigenvalue weighted by molar-refractivity contribution is -0.144. The number of ketones is 1. The molecule has 3 N–H and O–H groups in total. The number of hydrogen-bond acceptors (Lipinski definition) is 6. The van der Waals surface area contributed by atoms with Gasteiger partial charge in [0.05, 0.1) is 19.2 Å². The molecule has 8 nitrogen and oxygen atoms in total. The molecule has 0 aliphatic carbocycles. The minimum Gasteiger partial charge on any atom is -0.467 e. The Labute approximate surface area is 183 Å². The third kappa shape index (κ3) is 8.16. The predicted molar refractivity (Wildman–Crippen MR) is 116 cm³/mol. The molecule has 0 spiro atoms. The van der Waals surface area contributed by atoms with E-state index in [4.69, 9.17) is 0 Å². The standard InChI is InChI=1S/C21H35N3O5S/c1-14(20(27)29-2)22-18(26)12-6-4-3-5-9-15(25)10-7-8-11-17-19-16(13-30-17)23-21(28)24-19/h14,16-17,19H,3-13H2,1-2H3,(H,22,26)(H2,23,24,28). The van der Waals surface area contributed by atoms with Crippen molar-refractivity contribution in [2.24, 2.45) is 0 Å². The zero-order chi connectivity index (χ0) is 21.9. The molecule has 0 bridgehead atoms. The van der Waals surface area contributed by atoms with Crippen molar-refractivity contribution in [3.8, 4) is 0 Å². The average Bonchev–Trinajstić information content (AvgIpc) is 3.26. The molecule has 3 amide bonds.